The molecule has 0 unspecified atom stereocenters. The number of aryl methyl sites for hydroxylation is 1. The lowest BCUT2D eigenvalue weighted by Crippen LogP contribution is -2.23. The quantitative estimate of drug-likeness (QED) is 0.494. The summed E-state index contributed by atoms with van der Waals surface area (Å²) in [7, 11) is 0. The first-order valence-electron chi connectivity index (χ1n) is 5.62. The van der Waals surface area contributed by atoms with Crippen molar-refractivity contribution in [1.29, 1.82) is 0 Å². The van der Waals surface area contributed by atoms with Crippen LogP contribution in [0.3, 0.4) is 0 Å². The average Bonchev–Trinajstić information content (AvgIpc) is 2.81. The molecule has 6 nitrogen and oxygen atoms in total. The summed E-state index contributed by atoms with van der Waals surface area (Å²) in [6.45, 7) is 2.16. The van der Waals surface area contributed by atoms with Gasteiger partial charge in [-0.25, -0.2) is 0 Å². The number of carbonyl (C=O) groups is 1. The summed E-state index contributed by atoms with van der Waals surface area (Å²) >= 11 is 1.07. The second-order valence-electron chi connectivity index (χ2n) is 4.03. The molecule has 0 aliphatic heterocycles. The van der Waals surface area contributed by atoms with E-state index in [9.17, 15) is 9.59 Å². The van der Waals surface area contributed by atoms with Crippen LogP contribution < -0.4 is 21.5 Å². The number of hydrogen-bond donors (Lipinski definition) is 4. The van der Waals surface area contributed by atoms with Crippen molar-refractivity contribution in [3.05, 3.63) is 50.1 Å². The van der Waals surface area contributed by atoms with Crippen LogP contribution in [0, 0.1) is 6.92 Å². The maximum atomic E-state index is 11.9. The van der Waals surface area contributed by atoms with Crippen molar-refractivity contribution in [3.63, 3.8) is 0 Å². The number of nitrogens with one attached hydrogen (secondary N) is 3. The summed E-state index contributed by atoms with van der Waals surface area (Å²) in [5, 5.41) is 4.43. The number of aromatic nitrogens is 1. The molecule has 19 heavy (non-hydrogen) atoms. The van der Waals surface area contributed by atoms with Crippen LogP contribution in [0.1, 0.15) is 21.6 Å². The molecular formula is C12H14N4O2S. The molecule has 0 saturated heterocycles. The predicted molar refractivity (Wildman–Crippen MR) is 75.1 cm³/mol. The van der Waals surface area contributed by atoms with Gasteiger partial charge in [0.05, 0.1) is 12.2 Å². The van der Waals surface area contributed by atoms with E-state index in [0.29, 0.717) is 17.8 Å². The van der Waals surface area contributed by atoms with Crippen molar-refractivity contribution in [3.8, 4) is 0 Å². The van der Waals surface area contributed by atoms with E-state index in [1.807, 2.05) is 6.92 Å². The van der Waals surface area contributed by atoms with Crippen molar-refractivity contribution >= 4 is 22.9 Å². The molecule has 0 saturated carbocycles. The first-order chi connectivity index (χ1) is 9.10. The van der Waals surface area contributed by atoms with E-state index in [4.69, 9.17) is 5.84 Å². The number of aromatic amines is 1. The molecular weight excluding hydrogens is 264 g/mol. The fourth-order valence-corrected chi connectivity index (χ4v) is 2.23. The molecule has 2 aromatic rings. The Kier molecular flexibility index (Phi) is 3.98. The lowest BCUT2D eigenvalue weighted by molar-refractivity contribution is 0.0950. The molecule has 2 rings (SSSR count). The number of nitrogen functional groups attached to an aromatic ring is 1. The van der Waals surface area contributed by atoms with Crippen molar-refractivity contribution in [2.75, 3.05) is 5.43 Å². The van der Waals surface area contributed by atoms with Crippen LogP contribution in [0.4, 0.5) is 5.69 Å². The second-order valence-corrected chi connectivity index (χ2v) is 4.87. The summed E-state index contributed by atoms with van der Waals surface area (Å²) in [5.41, 5.74) is 5.46. The number of hydrazine groups is 1. The minimum absolute atomic E-state index is 0.126. The molecule has 1 aromatic heterocycles. The Morgan fingerprint density at radius 2 is 2.26 bits per heavy atom. The number of anilines is 1. The van der Waals surface area contributed by atoms with Crippen LogP contribution in [0.5, 0.6) is 0 Å². The molecule has 5 N–H and O–H groups in total. The molecule has 0 radical (unpaired) electrons. The highest BCUT2D eigenvalue weighted by atomic mass is 32.1. The average molecular weight is 278 g/mol. The van der Waals surface area contributed by atoms with E-state index in [2.05, 4.69) is 15.7 Å². The van der Waals surface area contributed by atoms with Crippen molar-refractivity contribution in [1.82, 2.24) is 10.3 Å². The number of hydrogen-bond acceptors (Lipinski definition) is 5. The number of amides is 1. The molecule has 0 atom stereocenters. The number of H-pyrrole nitrogens is 1. The number of benzene rings is 1. The van der Waals surface area contributed by atoms with E-state index in [0.717, 1.165) is 22.6 Å². The van der Waals surface area contributed by atoms with Crippen LogP contribution in [-0.4, -0.2) is 10.9 Å². The van der Waals surface area contributed by atoms with Gasteiger partial charge >= 0.3 is 4.87 Å². The van der Waals surface area contributed by atoms with Gasteiger partial charge in [0.25, 0.3) is 5.91 Å². The summed E-state index contributed by atoms with van der Waals surface area (Å²) in [6.07, 6.45) is 0. The fraction of sp³-hybridized carbons (Fsp3) is 0.167. The lowest BCUT2D eigenvalue weighted by Gasteiger charge is -2.08. The minimum atomic E-state index is -0.196. The first kappa shape index (κ1) is 13.3. The minimum Gasteiger partial charge on any atom is -0.346 e. The third-order valence-corrected chi connectivity index (χ3v) is 3.37. The molecule has 1 amide bonds. The standard InChI is InChI=1S/C12H14N4O2S/c1-7-4-8(2-3-10(7)16-13)11(17)14-5-9-6-19-12(18)15-9/h2-4,6,16H,5,13H2,1H3,(H,14,17)(H,15,18). The SMILES string of the molecule is Cc1cc(C(=O)NCc2csc(=O)[nH]2)ccc1NN. The predicted octanol–water partition coefficient (Wildman–Crippen LogP) is 0.960. The maximum absolute atomic E-state index is 11.9. The van der Waals surface area contributed by atoms with E-state index in [-0.39, 0.29) is 10.8 Å². The maximum Gasteiger partial charge on any atom is 0.304 e. The molecule has 1 heterocycles. The largest absolute Gasteiger partial charge is 0.346 e. The first-order valence-corrected chi connectivity index (χ1v) is 6.50. The molecule has 0 aliphatic carbocycles. The van der Waals surface area contributed by atoms with Gasteiger partial charge in [0.1, 0.15) is 0 Å². The Morgan fingerprint density at radius 3 is 2.84 bits per heavy atom. The number of rotatable bonds is 4. The number of nitrogens with two attached hydrogens (primary N) is 1. The van der Waals surface area contributed by atoms with Gasteiger partial charge in [0.15, 0.2) is 0 Å². The zero-order valence-corrected chi connectivity index (χ0v) is 11.1. The third-order valence-electron chi connectivity index (χ3n) is 2.65. The van der Waals surface area contributed by atoms with E-state index in [1.54, 1.807) is 23.6 Å². The fourth-order valence-electron chi connectivity index (χ4n) is 1.64. The number of carbonyl (C=O) groups excluding carboxylic acids is 1. The van der Waals surface area contributed by atoms with Gasteiger partial charge in [-0.2, -0.15) is 0 Å². The molecule has 0 fully saturated rings. The van der Waals surface area contributed by atoms with Gasteiger partial charge in [-0.3, -0.25) is 15.4 Å². The Labute approximate surface area is 113 Å². The van der Waals surface area contributed by atoms with E-state index in [1.165, 1.54) is 0 Å². The van der Waals surface area contributed by atoms with Gasteiger partial charge in [-0.15, -0.1) is 0 Å². The summed E-state index contributed by atoms with van der Waals surface area (Å²) < 4.78 is 0. The molecule has 7 heteroatoms. The van der Waals surface area contributed by atoms with Gasteiger partial charge in [-0.1, -0.05) is 11.3 Å². The van der Waals surface area contributed by atoms with E-state index >= 15 is 0 Å². The van der Waals surface area contributed by atoms with Crippen LogP contribution in [0.25, 0.3) is 0 Å². The molecule has 100 valence electrons. The molecule has 0 spiro atoms. The highest BCUT2D eigenvalue weighted by Gasteiger charge is 2.07. The van der Waals surface area contributed by atoms with E-state index < -0.39 is 0 Å². The highest BCUT2D eigenvalue weighted by Crippen LogP contribution is 2.15. The molecule has 0 bridgehead atoms. The van der Waals surface area contributed by atoms with Gasteiger partial charge in [0.2, 0.25) is 0 Å². The van der Waals surface area contributed by atoms with Crippen molar-refractivity contribution < 1.29 is 4.79 Å². The Morgan fingerprint density at radius 1 is 1.47 bits per heavy atom. The monoisotopic (exact) mass is 278 g/mol. The third kappa shape index (κ3) is 3.21. The summed E-state index contributed by atoms with van der Waals surface area (Å²) in [4.78, 5) is 25.4. The Bertz CT molecular complexity index is 647. The molecule has 1 aromatic carbocycles. The smallest absolute Gasteiger partial charge is 0.304 e. The van der Waals surface area contributed by atoms with Crippen LogP contribution in [0.15, 0.2) is 28.4 Å². The molecule has 0 aliphatic rings. The normalized spacial score (nSPS) is 10.2. The van der Waals surface area contributed by atoms with Gasteiger partial charge in [-0.05, 0) is 30.7 Å². The van der Waals surface area contributed by atoms with Crippen molar-refractivity contribution in [2.45, 2.75) is 13.5 Å². The van der Waals surface area contributed by atoms with Crippen LogP contribution in [-0.2, 0) is 6.54 Å². The number of thiazole rings is 1. The summed E-state index contributed by atoms with van der Waals surface area (Å²) in [5.74, 6) is 5.14. The van der Waals surface area contributed by atoms with Gasteiger partial charge < -0.3 is 15.7 Å². The lowest BCUT2D eigenvalue weighted by atomic mass is 10.1. The Hall–Kier alpha value is -2.12. The Balaban J connectivity index is 2.03. The van der Waals surface area contributed by atoms with Crippen molar-refractivity contribution in [2.24, 2.45) is 5.84 Å². The van der Waals surface area contributed by atoms with Crippen LogP contribution in [0.2, 0.25) is 0 Å². The highest BCUT2D eigenvalue weighted by molar-refractivity contribution is 7.07. The second kappa shape index (κ2) is 5.68. The van der Waals surface area contributed by atoms with Gasteiger partial charge in [0, 0.05) is 16.6 Å². The van der Waals surface area contributed by atoms with Crippen LogP contribution >= 0.6 is 11.3 Å². The summed E-state index contributed by atoms with van der Waals surface area (Å²) in [6, 6.07) is 5.19. The topological polar surface area (TPSA) is 100 Å². The zero-order valence-electron chi connectivity index (χ0n) is 10.3. The zero-order chi connectivity index (χ0) is 13.8.